The van der Waals surface area contributed by atoms with Crippen LogP contribution in [0.1, 0.15) is 26.3 Å². The van der Waals surface area contributed by atoms with Gasteiger partial charge in [0.1, 0.15) is 5.75 Å². The van der Waals surface area contributed by atoms with Crippen molar-refractivity contribution in [2.75, 3.05) is 19.0 Å². The quantitative estimate of drug-likeness (QED) is 0.624. The Kier molecular flexibility index (Phi) is 5.82. The van der Waals surface area contributed by atoms with Crippen LogP contribution in [-0.2, 0) is 10.2 Å². The Bertz CT molecular complexity index is 812. The first kappa shape index (κ1) is 19.2. The maximum Gasteiger partial charge on any atom is 0.310 e. The lowest BCUT2D eigenvalue weighted by molar-refractivity contribution is -0.385. The lowest BCUT2D eigenvalue weighted by atomic mass is 9.87. The SMILES string of the molecule is COc1ccc(C(C)(C)C)cc1NC(=O)COc1ccccc1[N+](=O)[O-]. The molecule has 0 aliphatic heterocycles. The van der Waals surface area contributed by atoms with Gasteiger partial charge in [-0.1, -0.05) is 39.0 Å². The summed E-state index contributed by atoms with van der Waals surface area (Å²) in [6.45, 7) is 5.85. The zero-order chi connectivity index (χ0) is 19.3. The Hall–Kier alpha value is -3.09. The van der Waals surface area contributed by atoms with Crippen molar-refractivity contribution in [2.45, 2.75) is 26.2 Å². The molecule has 26 heavy (non-hydrogen) atoms. The van der Waals surface area contributed by atoms with Gasteiger partial charge in [0.2, 0.25) is 0 Å². The number of nitro groups is 1. The lowest BCUT2D eigenvalue weighted by Gasteiger charge is -2.21. The van der Waals surface area contributed by atoms with Crippen LogP contribution in [0.5, 0.6) is 11.5 Å². The summed E-state index contributed by atoms with van der Waals surface area (Å²) < 4.78 is 10.6. The Morgan fingerprint density at radius 1 is 1.15 bits per heavy atom. The van der Waals surface area contributed by atoms with Crippen molar-refractivity contribution in [3.63, 3.8) is 0 Å². The second-order valence-electron chi connectivity index (χ2n) is 6.73. The predicted octanol–water partition coefficient (Wildman–Crippen LogP) is 3.92. The standard InChI is InChI=1S/C19H22N2O5/c1-19(2,3)13-9-10-16(25-4)14(11-13)20-18(22)12-26-17-8-6-5-7-15(17)21(23)24/h5-11H,12H2,1-4H3,(H,20,22). The van der Waals surface area contributed by atoms with Crippen molar-refractivity contribution in [3.05, 3.63) is 58.1 Å². The fourth-order valence-corrected chi connectivity index (χ4v) is 2.33. The van der Waals surface area contributed by atoms with Crippen molar-refractivity contribution < 1.29 is 19.2 Å². The van der Waals surface area contributed by atoms with Crippen LogP contribution in [-0.4, -0.2) is 24.5 Å². The van der Waals surface area contributed by atoms with Crippen molar-refractivity contribution in [1.29, 1.82) is 0 Å². The van der Waals surface area contributed by atoms with E-state index >= 15 is 0 Å². The first-order valence-corrected chi connectivity index (χ1v) is 8.07. The average Bonchev–Trinajstić information content (AvgIpc) is 2.59. The predicted molar refractivity (Wildman–Crippen MR) is 98.9 cm³/mol. The van der Waals surface area contributed by atoms with Crippen molar-refractivity contribution in [1.82, 2.24) is 0 Å². The molecule has 0 atom stereocenters. The van der Waals surface area contributed by atoms with E-state index in [1.54, 1.807) is 12.1 Å². The van der Waals surface area contributed by atoms with Crippen LogP contribution in [0, 0.1) is 10.1 Å². The fraction of sp³-hybridized carbons (Fsp3) is 0.316. The van der Waals surface area contributed by atoms with Gasteiger partial charge < -0.3 is 14.8 Å². The average molecular weight is 358 g/mol. The van der Waals surface area contributed by atoms with E-state index in [1.807, 2.05) is 12.1 Å². The van der Waals surface area contributed by atoms with E-state index in [1.165, 1.54) is 25.3 Å². The topological polar surface area (TPSA) is 90.7 Å². The normalized spacial score (nSPS) is 10.9. The number of methoxy groups -OCH3 is 1. The maximum atomic E-state index is 12.2. The number of benzene rings is 2. The molecule has 1 N–H and O–H groups in total. The number of hydrogen-bond acceptors (Lipinski definition) is 5. The molecule has 138 valence electrons. The van der Waals surface area contributed by atoms with E-state index in [4.69, 9.17) is 9.47 Å². The highest BCUT2D eigenvalue weighted by molar-refractivity contribution is 5.93. The molecule has 0 fully saturated rings. The summed E-state index contributed by atoms with van der Waals surface area (Å²) in [4.78, 5) is 22.7. The number of nitrogens with one attached hydrogen (secondary N) is 1. The van der Waals surface area contributed by atoms with Gasteiger partial charge in [0.25, 0.3) is 5.91 Å². The van der Waals surface area contributed by atoms with Crippen molar-refractivity contribution in [2.24, 2.45) is 0 Å². The highest BCUT2D eigenvalue weighted by Gasteiger charge is 2.18. The van der Waals surface area contributed by atoms with E-state index in [9.17, 15) is 14.9 Å². The van der Waals surface area contributed by atoms with Crippen LogP contribution in [0.15, 0.2) is 42.5 Å². The molecule has 0 spiro atoms. The van der Waals surface area contributed by atoms with Gasteiger partial charge in [-0.05, 0) is 29.2 Å². The molecular weight excluding hydrogens is 336 g/mol. The summed E-state index contributed by atoms with van der Waals surface area (Å²) >= 11 is 0. The van der Waals surface area contributed by atoms with Gasteiger partial charge in [-0.25, -0.2) is 0 Å². The largest absolute Gasteiger partial charge is 0.495 e. The molecule has 0 saturated carbocycles. The van der Waals surface area contributed by atoms with Crippen LogP contribution in [0.2, 0.25) is 0 Å². The van der Waals surface area contributed by atoms with Crippen LogP contribution >= 0.6 is 0 Å². The van der Waals surface area contributed by atoms with Crippen LogP contribution in [0.4, 0.5) is 11.4 Å². The molecule has 0 unspecified atom stereocenters. The number of carbonyl (C=O) groups excluding carboxylic acids is 1. The molecule has 7 nitrogen and oxygen atoms in total. The molecule has 7 heteroatoms. The first-order valence-electron chi connectivity index (χ1n) is 8.07. The lowest BCUT2D eigenvalue weighted by Crippen LogP contribution is -2.21. The number of hydrogen-bond donors (Lipinski definition) is 1. The summed E-state index contributed by atoms with van der Waals surface area (Å²) in [5.41, 5.74) is 1.28. The van der Waals surface area contributed by atoms with E-state index in [0.717, 1.165) is 5.56 Å². The Labute approximate surface area is 152 Å². The molecule has 2 aromatic rings. The van der Waals surface area contributed by atoms with Gasteiger partial charge in [-0.2, -0.15) is 0 Å². The zero-order valence-corrected chi connectivity index (χ0v) is 15.2. The van der Waals surface area contributed by atoms with E-state index < -0.39 is 10.8 Å². The third-order valence-electron chi connectivity index (χ3n) is 3.76. The summed E-state index contributed by atoms with van der Waals surface area (Å²) in [5.74, 6) is 0.132. The third kappa shape index (κ3) is 4.72. The molecule has 0 radical (unpaired) electrons. The van der Waals surface area contributed by atoms with Gasteiger partial charge >= 0.3 is 5.69 Å². The smallest absolute Gasteiger partial charge is 0.310 e. The number of nitrogens with zero attached hydrogens (tertiary/aromatic N) is 1. The van der Waals surface area contributed by atoms with Gasteiger partial charge in [0.05, 0.1) is 17.7 Å². The number of amides is 1. The molecule has 0 bridgehead atoms. The molecule has 0 aliphatic rings. The molecule has 2 rings (SSSR count). The second kappa shape index (κ2) is 7.86. The minimum atomic E-state index is -0.553. The van der Waals surface area contributed by atoms with E-state index in [-0.39, 0.29) is 23.5 Å². The van der Waals surface area contributed by atoms with Crippen LogP contribution in [0.25, 0.3) is 0 Å². The summed E-state index contributed by atoms with van der Waals surface area (Å²) in [6, 6.07) is 11.5. The minimum Gasteiger partial charge on any atom is -0.495 e. The van der Waals surface area contributed by atoms with Gasteiger partial charge in [0.15, 0.2) is 12.4 Å². The second-order valence-corrected chi connectivity index (χ2v) is 6.73. The van der Waals surface area contributed by atoms with E-state index in [0.29, 0.717) is 11.4 Å². The molecule has 0 saturated heterocycles. The first-order chi connectivity index (χ1) is 12.2. The summed E-state index contributed by atoms with van der Waals surface area (Å²) in [7, 11) is 1.52. The highest BCUT2D eigenvalue weighted by atomic mass is 16.6. The zero-order valence-electron chi connectivity index (χ0n) is 15.2. The van der Waals surface area contributed by atoms with Crippen LogP contribution < -0.4 is 14.8 Å². The number of para-hydroxylation sites is 2. The Morgan fingerprint density at radius 2 is 1.85 bits per heavy atom. The van der Waals surface area contributed by atoms with E-state index in [2.05, 4.69) is 26.1 Å². The van der Waals surface area contributed by atoms with Gasteiger partial charge in [-0.3, -0.25) is 14.9 Å². The number of carbonyl (C=O) groups is 1. The Balaban J connectivity index is 2.12. The highest BCUT2D eigenvalue weighted by Crippen LogP contribution is 2.31. The van der Waals surface area contributed by atoms with Gasteiger partial charge in [-0.15, -0.1) is 0 Å². The number of anilines is 1. The van der Waals surface area contributed by atoms with Crippen LogP contribution in [0.3, 0.4) is 0 Å². The molecule has 0 aliphatic carbocycles. The molecule has 1 amide bonds. The Morgan fingerprint density at radius 3 is 2.46 bits per heavy atom. The van der Waals surface area contributed by atoms with Crippen molar-refractivity contribution in [3.8, 4) is 11.5 Å². The monoisotopic (exact) mass is 358 g/mol. The third-order valence-corrected chi connectivity index (χ3v) is 3.76. The molecule has 0 aromatic heterocycles. The number of ether oxygens (including phenoxy) is 2. The van der Waals surface area contributed by atoms with Crippen molar-refractivity contribution >= 4 is 17.3 Å². The molecule has 2 aromatic carbocycles. The molecule has 0 heterocycles. The molecular formula is C19H22N2O5. The van der Waals surface area contributed by atoms with Gasteiger partial charge in [0, 0.05) is 6.07 Å². The maximum absolute atomic E-state index is 12.2. The minimum absolute atomic E-state index is 0.0445. The fourth-order valence-electron chi connectivity index (χ4n) is 2.33. The number of nitro benzene ring substituents is 1. The summed E-state index contributed by atoms with van der Waals surface area (Å²) in [6.07, 6.45) is 0. The number of rotatable bonds is 6. The summed E-state index contributed by atoms with van der Waals surface area (Å²) in [5, 5.41) is 13.7.